The third-order valence-corrected chi connectivity index (χ3v) is 6.72. The number of sulfonamides is 1. The zero-order valence-corrected chi connectivity index (χ0v) is 20.7. The van der Waals surface area contributed by atoms with E-state index in [1.165, 1.54) is 12.5 Å². The first kappa shape index (κ1) is 27.5. The molecule has 8 N–H and O–H groups in total. The van der Waals surface area contributed by atoms with Crippen molar-refractivity contribution in [1.82, 2.24) is 25.3 Å². The second kappa shape index (κ2) is 12.8. The number of carbonyl (C=O) groups excluding carboxylic acids is 2. The van der Waals surface area contributed by atoms with E-state index in [1.807, 2.05) is 0 Å². The molecule has 0 fully saturated rings. The largest absolute Gasteiger partial charge is 0.394 e. The molecule has 3 rings (SSSR count). The summed E-state index contributed by atoms with van der Waals surface area (Å²) in [6, 6.07) is 12.5. The van der Waals surface area contributed by atoms with Crippen LogP contribution in [0.5, 0.6) is 0 Å². The van der Waals surface area contributed by atoms with Crippen LogP contribution in [0.25, 0.3) is 0 Å². The number of aliphatic hydroxyl groups is 1. The number of nitrogen functional groups attached to an aromatic ring is 1. The maximum absolute atomic E-state index is 13.0. The SMILES string of the molecule is N=C(N)c1ccc(CNC(=O)[C@H](Cc2cnc[nH]2)NC(=O)[C@H](CO)NS(=O)(=O)Cc2ccccc2)cc1. The Hall–Kier alpha value is -4.07. The van der Waals surface area contributed by atoms with E-state index >= 15 is 0 Å². The molecular weight excluding hydrogens is 498 g/mol. The molecule has 2 aromatic carbocycles. The van der Waals surface area contributed by atoms with Gasteiger partial charge in [0.15, 0.2) is 0 Å². The summed E-state index contributed by atoms with van der Waals surface area (Å²) < 4.78 is 27.3. The van der Waals surface area contributed by atoms with Crippen LogP contribution in [-0.4, -0.2) is 59.8 Å². The van der Waals surface area contributed by atoms with Crippen molar-refractivity contribution in [2.24, 2.45) is 5.73 Å². The van der Waals surface area contributed by atoms with E-state index in [0.717, 1.165) is 5.56 Å². The van der Waals surface area contributed by atoms with Gasteiger partial charge in [0.1, 0.15) is 17.9 Å². The summed E-state index contributed by atoms with van der Waals surface area (Å²) in [5, 5.41) is 22.4. The average molecular weight is 528 g/mol. The van der Waals surface area contributed by atoms with Crippen molar-refractivity contribution in [2.75, 3.05) is 6.61 Å². The maximum atomic E-state index is 13.0. The quantitative estimate of drug-likeness (QED) is 0.115. The molecule has 2 atom stereocenters. The zero-order valence-electron chi connectivity index (χ0n) is 19.8. The number of aliphatic hydroxyl groups excluding tert-OH is 1. The highest BCUT2D eigenvalue weighted by Gasteiger charge is 2.29. The van der Waals surface area contributed by atoms with Crippen molar-refractivity contribution >= 4 is 27.7 Å². The Labute approximate surface area is 214 Å². The highest BCUT2D eigenvalue weighted by atomic mass is 32.2. The fourth-order valence-electron chi connectivity index (χ4n) is 3.44. The number of H-pyrrole nitrogens is 1. The van der Waals surface area contributed by atoms with Crippen molar-refractivity contribution in [3.8, 4) is 0 Å². The lowest BCUT2D eigenvalue weighted by Gasteiger charge is -2.22. The van der Waals surface area contributed by atoms with Gasteiger partial charge in [-0.1, -0.05) is 54.6 Å². The molecule has 0 radical (unpaired) electrons. The fourth-order valence-corrected chi connectivity index (χ4v) is 4.77. The number of amides is 2. The Bertz CT molecular complexity index is 1300. The lowest BCUT2D eigenvalue weighted by atomic mass is 10.1. The number of nitrogens with zero attached hydrogens (tertiary/aromatic N) is 1. The van der Waals surface area contributed by atoms with Gasteiger partial charge in [0.2, 0.25) is 21.8 Å². The van der Waals surface area contributed by atoms with E-state index in [1.54, 1.807) is 54.6 Å². The second-order valence-electron chi connectivity index (χ2n) is 8.27. The van der Waals surface area contributed by atoms with Gasteiger partial charge in [-0.15, -0.1) is 0 Å². The van der Waals surface area contributed by atoms with E-state index in [2.05, 4.69) is 25.3 Å². The van der Waals surface area contributed by atoms with Crippen LogP contribution in [0.1, 0.15) is 22.4 Å². The Morgan fingerprint density at radius 2 is 1.73 bits per heavy atom. The molecule has 13 heteroatoms. The summed E-state index contributed by atoms with van der Waals surface area (Å²) in [7, 11) is -3.96. The second-order valence-corrected chi connectivity index (χ2v) is 10.0. The summed E-state index contributed by atoms with van der Waals surface area (Å²) in [5.74, 6) is -1.83. The maximum Gasteiger partial charge on any atom is 0.243 e. The highest BCUT2D eigenvalue weighted by molar-refractivity contribution is 7.88. The van der Waals surface area contributed by atoms with E-state index < -0.39 is 40.5 Å². The Morgan fingerprint density at radius 3 is 2.32 bits per heavy atom. The van der Waals surface area contributed by atoms with Crippen molar-refractivity contribution in [3.05, 3.63) is 89.5 Å². The van der Waals surface area contributed by atoms with Crippen LogP contribution < -0.4 is 21.1 Å². The van der Waals surface area contributed by atoms with E-state index in [9.17, 15) is 23.1 Å². The van der Waals surface area contributed by atoms with Gasteiger partial charge >= 0.3 is 0 Å². The predicted octanol–water partition coefficient (Wildman–Crippen LogP) is -0.482. The molecule has 2 amide bonds. The standard InChI is InChI=1S/C24H29N7O5S/c25-22(26)18-8-6-16(7-9-18)11-28-23(33)20(10-19-12-27-15-29-19)30-24(34)21(13-32)31-37(35,36)14-17-4-2-1-3-5-17/h1-9,12,15,20-21,31-32H,10-11,13-14H2,(H3,25,26)(H,27,29)(H,28,33)(H,30,34)/t20-,21-/m0/s1. The normalized spacial score (nSPS) is 12.9. The summed E-state index contributed by atoms with van der Waals surface area (Å²) in [4.78, 5) is 32.6. The molecule has 12 nitrogen and oxygen atoms in total. The molecule has 0 saturated heterocycles. The van der Waals surface area contributed by atoms with Gasteiger partial charge in [-0.25, -0.2) is 18.1 Å². The highest BCUT2D eigenvalue weighted by Crippen LogP contribution is 2.07. The van der Waals surface area contributed by atoms with Gasteiger partial charge in [-0.05, 0) is 11.1 Å². The molecule has 0 aliphatic heterocycles. The molecular formula is C24H29N7O5S. The Morgan fingerprint density at radius 1 is 1.03 bits per heavy atom. The number of carbonyl (C=O) groups is 2. The Balaban J connectivity index is 1.66. The predicted molar refractivity (Wildman–Crippen MR) is 137 cm³/mol. The molecule has 3 aromatic rings. The molecule has 0 saturated carbocycles. The number of aromatic amines is 1. The first-order valence-electron chi connectivity index (χ1n) is 11.3. The number of aromatic nitrogens is 2. The number of amidine groups is 1. The van der Waals surface area contributed by atoms with E-state index in [-0.39, 0.29) is 24.6 Å². The molecule has 1 aromatic heterocycles. The van der Waals surface area contributed by atoms with Crippen molar-refractivity contribution in [3.63, 3.8) is 0 Å². The molecule has 37 heavy (non-hydrogen) atoms. The molecule has 0 unspecified atom stereocenters. The number of nitrogens with two attached hydrogens (primary N) is 1. The van der Waals surface area contributed by atoms with Crippen molar-refractivity contribution in [2.45, 2.75) is 30.8 Å². The van der Waals surface area contributed by atoms with Gasteiger partial charge in [-0.2, -0.15) is 0 Å². The smallest absolute Gasteiger partial charge is 0.243 e. The first-order chi connectivity index (χ1) is 17.7. The monoisotopic (exact) mass is 527 g/mol. The van der Waals surface area contributed by atoms with Gasteiger partial charge < -0.3 is 26.5 Å². The number of rotatable bonds is 13. The van der Waals surface area contributed by atoms with Gasteiger partial charge in [0.25, 0.3) is 0 Å². The molecule has 1 heterocycles. The molecule has 0 bridgehead atoms. The van der Waals surface area contributed by atoms with Crippen LogP contribution in [0.3, 0.4) is 0 Å². The lowest BCUT2D eigenvalue weighted by molar-refractivity contribution is -0.130. The van der Waals surface area contributed by atoms with Crippen LogP contribution in [0.4, 0.5) is 0 Å². The number of hydrogen-bond acceptors (Lipinski definition) is 7. The number of hydrogen-bond donors (Lipinski definition) is 7. The van der Waals surface area contributed by atoms with Crippen LogP contribution >= 0.6 is 0 Å². The fraction of sp³-hybridized carbons (Fsp3) is 0.250. The summed E-state index contributed by atoms with van der Waals surface area (Å²) >= 11 is 0. The summed E-state index contributed by atoms with van der Waals surface area (Å²) in [6.07, 6.45) is 2.98. The number of imidazole rings is 1. The lowest BCUT2D eigenvalue weighted by Crippen LogP contribution is -2.55. The van der Waals surface area contributed by atoms with Crippen molar-refractivity contribution < 1.29 is 23.1 Å². The average Bonchev–Trinajstić information content (AvgIpc) is 3.39. The van der Waals surface area contributed by atoms with Crippen LogP contribution in [0, 0.1) is 5.41 Å². The number of nitrogens with one attached hydrogen (secondary N) is 5. The molecule has 196 valence electrons. The minimum absolute atomic E-state index is 0.0514. The summed E-state index contributed by atoms with van der Waals surface area (Å²) in [5.41, 5.74) is 7.82. The first-order valence-corrected chi connectivity index (χ1v) is 13.0. The van der Waals surface area contributed by atoms with Crippen LogP contribution in [-0.2, 0) is 38.3 Å². The number of benzene rings is 2. The van der Waals surface area contributed by atoms with Gasteiger partial charge in [0, 0.05) is 30.4 Å². The minimum atomic E-state index is -3.96. The summed E-state index contributed by atoms with van der Waals surface area (Å²) in [6.45, 7) is -0.666. The van der Waals surface area contributed by atoms with E-state index in [4.69, 9.17) is 11.1 Å². The topological polar surface area (TPSA) is 203 Å². The molecule has 0 aliphatic rings. The molecule has 0 spiro atoms. The van der Waals surface area contributed by atoms with Crippen LogP contribution in [0.2, 0.25) is 0 Å². The van der Waals surface area contributed by atoms with E-state index in [0.29, 0.717) is 16.8 Å². The third kappa shape index (κ3) is 8.52. The molecule has 0 aliphatic carbocycles. The van der Waals surface area contributed by atoms with Crippen molar-refractivity contribution in [1.29, 1.82) is 5.41 Å². The Kier molecular flexibility index (Phi) is 9.49. The van der Waals surface area contributed by atoms with Gasteiger partial charge in [0.05, 0.1) is 18.7 Å². The minimum Gasteiger partial charge on any atom is -0.394 e. The third-order valence-electron chi connectivity index (χ3n) is 5.36. The zero-order chi connectivity index (χ0) is 26.8. The van der Waals surface area contributed by atoms with Gasteiger partial charge in [-0.3, -0.25) is 15.0 Å². The van der Waals surface area contributed by atoms with Crippen LogP contribution in [0.15, 0.2) is 67.1 Å².